The fourth-order valence-electron chi connectivity index (χ4n) is 2.40. The summed E-state index contributed by atoms with van der Waals surface area (Å²) in [4.78, 5) is 4.82. The van der Waals surface area contributed by atoms with Crippen LogP contribution >= 0.6 is 0 Å². The van der Waals surface area contributed by atoms with Crippen LogP contribution in [0.5, 0.6) is 5.75 Å². The zero-order chi connectivity index (χ0) is 13.5. The maximum absolute atomic E-state index is 5.42. The Kier molecular flexibility index (Phi) is 5.48. The number of benzene rings is 1. The van der Waals surface area contributed by atoms with Gasteiger partial charge in [-0.25, -0.2) is 0 Å². The van der Waals surface area contributed by atoms with Gasteiger partial charge in [-0.2, -0.15) is 0 Å². The van der Waals surface area contributed by atoms with E-state index in [4.69, 9.17) is 9.47 Å². The highest BCUT2D eigenvalue weighted by Crippen LogP contribution is 2.28. The Labute approximate surface area is 115 Å². The second-order valence-corrected chi connectivity index (χ2v) is 4.61. The number of nitrogens with zero attached hydrogens (tertiary/aromatic N) is 2. The molecular formula is C15H23N2O2. The van der Waals surface area contributed by atoms with Crippen molar-refractivity contribution in [1.82, 2.24) is 4.90 Å². The fourth-order valence-corrected chi connectivity index (χ4v) is 2.40. The van der Waals surface area contributed by atoms with Crippen LogP contribution in [0.4, 0.5) is 5.69 Å². The molecule has 1 aliphatic rings. The predicted octanol–water partition coefficient (Wildman–Crippen LogP) is 1.67. The Hall–Kier alpha value is -1.26. The number of rotatable bonds is 6. The minimum atomic E-state index is 0.557. The number of methoxy groups -OCH3 is 1. The molecule has 0 N–H and O–H groups in total. The van der Waals surface area contributed by atoms with Crippen LogP contribution in [0.15, 0.2) is 24.3 Å². The van der Waals surface area contributed by atoms with E-state index in [1.54, 1.807) is 7.11 Å². The molecule has 1 aliphatic heterocycles. The quantitative estimate of drug-likeness (QED) is 0.729. The Morgan fingerprint density at radius 3 is 2.58 bits per heavy atom. The van der Waals surface area contributed by atoms with E-state index >= 15 is 0 Å². The van der Waals surface area contributed by atoms with E-state index in [-0.39, 0.29) is 0 Å². The lowest BCUT2D eigenvalue weighted by Gasteiger charge is -2.36. The summed E-state index contributed by atoms with van der Waals surface area (Å²) in [6, 6.07) is 8.21. The minimum Gasteiger partial charge on any atom is -0.495 e. The van der Waals surface area contributed by atoms with Gasteiger partial charge < -0.3 is 14.4 Å². The second kappa shape index (κ2) is 7.36. The Bertz CT molecular complexity index is 376. The number of piperazine rings is 1. The normalized spacial score (nSPS) is 16.6. The summed E-state index contributed by atoms with van der Waals surface area (Å²) in [6.45, 7) is 10.2. The lowest BCUT2D eigenvalue weighted by atomic mass is 10.2. The molecular weight excluding hydrogens is 240 g/mol. The summed E-state index contributed by atoms with van der Waals surface area (Å²) in [5, 5.41) is 0. The van der Waals surface area contributed by atoms with Crippen molar-refractivity contribution in [3.8, 4) is 5.75 Å². The number of ether oxygens (including phenoxy) is 2. The number of anilines is 1. The van der Waals surface area contributed by atoms with E-state index in [1.807, 2.05) is 12.1 Å². The number of hydrogen-bond donors (Lipinski definition) is 0. The third-order valence-electron chi connectivity index (χ3n) is 3.49. The summed E-state index contributed by atoms with van der Waals surface area (Å²) in [7, 11) is 1.73. The van der Waals surface area contributed by atoms with Gasteiger partial charge in [0.25, 0.3) is 0 Å². The molecule has 0 aliphatic carbocycles. The van der Waals surface area contributed by atoms with Crippen LogP contribution in [0.2, 0.25) is 0 Å². The molecule has 1 fully saturated rings. The van der Waals surface area contributed by atoms with Crippen LogP contribution in [0.3, 0.4) is 0 Å². The van der Waals surface area contributed by atoms with Gasteiger partial charge in [-0.05, 0) is 19.1 Å². The molecule has 0 bridgehead atoms. The maximum atomic E-state index is 5.42. The monoisotopic (exact) mass is 263 g/mol. The first-order chi connectivity index (χ1) is 9.35. The highest BCUT2D eigenvalue weighted by Gasteiger charge is 2.18. The zero-order valence-corrected chi connectivity index (χ0v) is 11.7. The molecule has 0 amide bonds. The van der Waals surface area contributed by atoms with Gasteiger partial charge in [0.2, 0.25) is 0 Å². The molecule has 105 valence electrons. The molecule has 0 aromatic heterocycles. The van der Waals surface area contributed by atoms with Gasteiger partial charge in [0.15, 0.2) is 0 Å². The first-order valence-electron chi connectivity index (χ1n) is 6.82. The number of hydrogen-bond acceptors (Lipinski definition) is 4. The van der Waals surface area contributed by atoms with Crippen LogP contribution < -0.4 is 9.64 Å². The first kappa shape index (κ1) is 14.2. The molecule has 1 saturated heterocycles. The van der Waals surface area contributed by atoms with Gasteiger partial charge >= 0.3 is 0 Å². The van der Waals surface area contributed by atoms with E-state index in [1.165, 1.54) is 5.69 Å². The summed E-state index contributed by atoms with van der Waals surface area (Å²) < 4.78 is 10.7. The standard InChI is InChI=1S/C15H23N2O2/c1-3-19-13-12-16-8-10-17(11-9-16)14-6-4-5-7-15(14)18-2/h4-7H,1,3,8-13H2,2H3. The van der Waals surface area contributed by atoms with E-state index in [9.17, 15) is 0 Å². The van der Waals surface area contributed by atoms with E-state index in [2.05, 4.69) is 28.9 Å². The molecule has 0 unspecified atom stereocenters. The molecule has 2 rings (SSSR count). The summed E-state index contributed by atoms with van der Waals surface area (Å²) >= 11 is 0. The topological polar surface area (TPSA) is 24.9 Å². The molecule has 1 aromatic carbocycles. The summed E-state index contributed by atoms with van der Waals surface area (Å²) in [5.41, 5.74) is 1.19. The lowest BCUT2D eigenvalue weighted by Crippen LogP contribution is -2.47. The van der Waals surface area contributed by atoms with Crippen molar-refractivity contribution in [2.45, 2.75) is 0 Å². The average molecular weight is 263 g/mol. The summed E-state index contributed by atoms with van der Waals surface area (Å²) in [5.74, 6) is 0.955. The van der Waals surface area contributed by atoms with Gasteiger partial charge in [-0.3, -0.25) is 4.90 Å². The van der Waals surface area contributed by atoms with Crippen molar-refractivity contribution >= 4 is 5.69 Å². The van der Waals surface area contributed by atoms with Crippen LogP contribution in [0, 0.1) is 6.92 Å². The van der Waals surface area contributed by atoms with Gasteiger partial charge in [0, 0.05) is 39.3 Å². The van der Waals surface area contributed by atoms with Crippen LogP contribution in [0.1, 0.15) is 0 Å². The lowest BCUT2D eigenvalue weighted by molar-refractivity contribution is 0.120. The predicted molar refractivity (Wildman–Crippen MR) is 77.8 cm³/mol. The van der Waals surface area contributed by atoms with E-state index < -0.39 is 0 Å². The van der Waals surface area contributed by atoms with Crippen LogP contribution in [-0.4, -0.2) is 57.9 Å². The van der Waals surface area contributed by atoms with Gasteiger partial charge in [0.05, 0.1) is 19.4 Å². The third-order valence-corrected chi connectivity index (χ3v) is 3.49. The van der Waals surface area contributed by atoms with Crippen molar-refractivity contribution in [1.29, 1.82) is 0 Å². The molecule has 1 radical (unpaired) electrons. The largest absolute Gasteiger partial charge is 0.495 e. The summed E-state index contributed by atoms with van der Waals surface area (Å²) in [6.07, 6.45) is 0. The van der Waals surface area contributed by atoms with E-state index in [0.717, 1.165) is 45.1 Å². The van der Waals surface area contributed by atoms with Crippen LogP contribution in [0.25, 0.3) is 0 Å². The Balaban J connectivity index is 1.85. The second-order valence-electron chi connectivity index (χ2n) is 4.61. The Morgan fingerprint density at radius 2 is 1.89 bits per heavy atom. The molecule has 4 nitrogen and oxygen atoms in total. The molecule has 0 saturated carbocycles. The highest BCUT2D eigenvalue weighted by molar-refractivity contribution is 5.58. The van der Waals surface area contributed by atoms with Crippen molar-refractivity contribution < 1.29 is 9.47 Å². The average Bonchev–Trinajstić information content (AvgIpc) is 2.48. The van der Waals surface area contributed by atoms with Crippen molar-refractivity contribution in [3.05, 3.63) is 31.2 Å². The molecule has 1 aromatic rings. The molecule has 1 heterocycles. The molecule has 19 heavy (non-hydrogen) atoms. The third kappa shape index (κ3) is 3.85. The fraction of sp³-hybridized carbons (Fsp3) is 0.533. The Morgan fingerprint density at radius 1 is 1.16 bits per heavy atom. The smallest absolute Gasteiger partial charge is 0.142 e. The molecule has 4 heteroatoms. The zero-order valence-electron chi connectivity index (χ0n) is 11.7. The molecule has 0 spiro atoms. The SMILES string of the molecule is [CH2]COCCN1CCN(c2ccccc2OC)CC1. The minimum absolute atomic E-state index is 0.557. The van der Waals surface area contributed by atoms with Gasteiger partial charge in [0.1, 0.15) is 5.75 Å². The van der Waals surface area contributed by atoms with Crippen molar-refractivity contribution in [2.24, 2.45) is 0 Å². The van der Waals surface area contributed by atoms with Crippen molar-refractivity contribution in [3.63, 3.8) is 0 Å². The number of para-hydroxylation sites is 2. The van der Waals surface area contributed by atoms with Crippen LogP contribution in [-0.2, 0) is 4.74 Å². The van der Waals surface area contributed by atoms with Gasteiger partial charge in [-0.1, -0.05) is 12.1 Å². The maximum Gasteiger partial charge on any atom is 0.142 e. The highest BCUT2D eigenvalue weighted by atomic mass is 16.5. The molecule has 0 atom stereocenters. The van der Waals surface area contributed by atoms with Crippen molar-refractivity contribution in [2.75, 3.05) is 57.9 Å². The van der Waals surface area contributed by atoms with Gasteiger partial charge in [-0.15, -0.1) is 0 Å². The first-order valence-corrected chi connectivity index (χ1v) is 6.82. The van der Waals surface area contributed by atoms with E-state index in [0.29, 0.717) is 6.61 Å².